The summed E-state index contributed by atoms with van der Waals surface area (Å²) < 4.78 is 11.2. The third-order valence-corrected chi connectivity index (χ3v) is 3.17. The molecule has 0 aliphatic carbocycles. The Bertz CT molecular complexity index is 533. The van der Waals surface area contributed by atoms with Crippen LogP contribution in [0.5, 0.6) is 11.5 Å². The summed E-state index contributed by atoms with van der Waals surface area (Å²) in [6.45, 7) is 6.76. The van der Waals surface area contributed by atoms with Gasteiger partial charge in [0.15, 0.2) is 0 Å². The number of hydrogen-bond donors (Lipinski definition) is 0. The fourth-order valence-electron chi connectivity index (χ4n) is 2.10. The van der Waals surface area contributed by atoms with E-state index in [9.17, 15) is 0 Å². The van der Waals surface area contributed by atoms with Gasteiger partial charge >= 0.3 is 0 Å². The molecule has 0 spiro atoms. The Hall–Kier alpha value is -1.96. The van der Waals surface area contributed by atoms with Crippen LogP contribution in [0.15, 0.2) is 36.4 Å². The molecule has 0 atom stereocenters. The molecule has 0 aromatic heterocycles. The van der Waals surface area contributed by atoms with Crippen molar-refractivity contribution < 1.29 is 9.47 Å². The smallest absolute Gasteiger partial charge is 0.125 e. The predicted octanol–water partition coefficient (Wildman–Crippen LogP) is 4.20. The van der Waals surface area contributed by atoms with Crippen LogP contribution in [-0.2, 0) is 6.61 Å². The van der Waals surface area contributed by atoms with E-state index in [1.54, 1.807) is 7.11 Å². The molecule has 0 amide bonds. The second-order valence-corrected chi connectivity index (χ2v) is 4.86. The molecule has 0 saturated carbocycles. The normalized spacial score (nSPS) is 10.3. The molecule has 19 heavy (non-hydrogen) atoms. The van der Waals surface area contributed by atoms with Gasteiger partial charge in [0.1, 0.15) is 18.1 Å². The third kappa shape index (κ3) is 3.28. The van der Waals surface area contributed by atoms with Gasteiger partial charge in [-0.3, -0.25) is 0 Å². The maximum Gasteiger partial charge on any atom is 0.125 e. The highest BCUT2D eigenvalue weighted by atomic mass is 16.5. The number of ether oxygens (including phenoxy) is 2. The van der Waals surface area contributed by atoms with Crippen LogP contribution < -0.4 is 9.47 Å². The van der Waals surface area contributed by atoms with Crippen molar-refractivity contribution >= 4 is 0 Å². The van der Waals surface area contributed by atoms with E-state index in [1.165, 1.54) is 11.1 Å². The van der Waals surface area contributed by atoms with Crippen molar-refractivity contribution in [1.82, 2.24) is 0 Å². The highest BCUT2D eigenvalue weighted by molar-refractivity contribution is 5.46. The second-order valence-electron chi connectivity index (χ2n) is 4.86. The maximum absolute atomic E-state index is 5.94. The van der Waals surface area contributed by atoms with Gasteiger partial charge in [-0.05, 0) is 49.6 Å². The van der Waals surface area contributed by atoms with Crippen LogP contribution in [0.4, 0.5) is 0 Å². The van der Waals surface area contributed by atoms with Gasteiger partial charge in [0.05, 0.1) is 7.11 Å². The summed E-state index contributed by atoms with van der Waals surface area (Å²) in [4.78, 5) is 0. The first-order valence-electron chi connectivity index (χ1n) is 6.43. The van der Waals surface area contributed by atoms with E-state index in [0.29, 0.717) is 6.61 Å². The van der Waals surface area contributed by atoms with Gasteiger partial charge in [-0.15, -0.1) is 0 Å². The van der Waals surface area contributed by atoms with Crippen molar-refractivity contribution in [2.45, 2.75) is 27.4 Å². The minimum atomic E-state index is 0.592. The molecule has 0 aliphatic heterocycles. The van der Waals surface area contributed by atoms with Crippen molar-refractivity contribution in [2.24, 2.45) is 0 Å². The summed E-state index contributed by atoms with van der Waals surface area (Å²) in [5.74, 6) is 1.82. The van der Waals surface area contributed by atoms with E-state index in [2.05, 4.69) is 31.2 Å². The Kier molecular flexibility index (Phi) is 4.10. The van der Waals surface area contributed by atoms with Crippen LogP contribution in [0.2, 0.25) is 0 Å². The van der Waals surface area contributed by atoms with E-state index >= 15 is 0 Å². The summed E-state index contributed by atoms with van der Waals surface area (Å²) in [5.41, 5.74) is 4.65. The highest BCUT2D eigenvalue weighted by Crippen LogP contribution is 2.28. The van der Waals surface area contributed by atoms with Crippen LogP contribution in [0.1, 0.15) is 22.3 Å². The zero-order valence-electron chi connectivity index (χ0n) is 12.0. The molecule has 0 fully saturated rings. The quantitative estimate of drug-likeness (QED) is 0.816. The van der Waals surface area contributed by atoms with Gasteiger partial charge in [0.25, 0.3) is 0 Å². The first-order valence-corrected chi connectivity index (χ1v) is 6.43. The summed E-state index contributed by atoms with van der Waals surface area (Å²) in [6.07, 6.45) is 0. The average molecular weight is 256 g/mol. The van der Waals surface area contributed by atoms with E-state index in [-0.39, 0.29) is 0 Å². The molecule has 0 radical (unpaired) electrons. The largest absolute Gasteiger partial charge is 0.497 e. The zero-order valence-corrected chi connectivity index (χ0v) is 12.0. The van der Waals surface area contributed by atoms with E-state index in [1.807, 2.05) is 26.0 Å². The van der Waals surface area contributed by atoms with Crippen molar-refractivity contribution in [3.63, 3.8) is 0 Å². The number of aryl methyl sites for hydroxylation is 3. The van der Waals surface area contributed by atoms with Gasteiger partial charge in [0, 0.05) is 0 Å². The Labute approximate surface area is 115 Å². The van der Waals surface area contributed by atoms with E-state index < -0.39 is 0 Å². The molecule has 0 bridgehead atoms. The lowest BCUT2D eigenvalue weighted by Gasteiger charge is -2.14. The van der Waals surface area contributed by atoms with Crippen LogP contribution >= 0.6 is 0 Å². The third-order valence-electron chi connectivity index (χ3n) is 3.17. The molecule has 0 heterocycles. The van der Waals surface area contributed by atoms with Crippen LogP contribution in [0.3, 0.4) is 0 Å². The van der Waals surface area contributed by atoms with Crippen molar-refractivity contribution in [2.75, 3.05) is 7.11 Å². The van der Waals surface area contributed by atoms with Gasteiger partial charge in [-0.2, -0.15) is 0 Å². The molecule has 0 aliphatic rings. The first kappa shape index (κ1) is 13.5. The minimum absolute atomic E-state index is 0.592. The molecule has 2 heteroatoms. The second kappa shape index (κ2) is 5.79. The Morgan fingerprint density at radius 2 is 1.47 bits per heavy atom. The lowest BCUT2D eigenvalue weighted by Crippen LogP contribution is -1.99. The number of benzene rings is 2. The minimum Gasteiger partial charge on any atom is -0.497 e. The molecule has 0 saturated heterocycles. The lowest BCUT2D eigenvalue weighted by atomic mass is 10.1. The monoisotopic (exact) mass is 256 g/mol. The molecule has 2 aromatic rings. The van der Waals surface area contributed by atoms with Gasteiger partial charge in [-0.1, -0.05) is 29.8 Å². The average Bonchev–Trinajstić information content (AvgIpc) is 2.39. The fraction of sp³-hybridized carbons (Fsp3) is 0.294. The highest BCUT2D eigenvalue weighted by Gasteiger charge is 2.07. The van der Waals surface area contributed by atoms with Gasteiger partial charge in [0.2, 0.25) is 0 Å². The summed E-state index contributed by atoms with van der Waals surface area (Å²) in [7, 11) is 1.68. The molecular weight excluding hydrogens is 236 g/mol. The Morgan fingerprint density at radius 3 is 2.00 bits per heavy atom. The van der Waals surface area contributed by atoms with Crippen molar-refractivity contribution in [3.05, 3.63) is 58.7 Å². The fourth-order valence-corrected chi connectivity index (χ4v) is 2.10. The topological polar surface area (TPSA) is 18.5 Å². The summed E-state index contributed by atoms with van der Waals surface area (Å²) in [5, 5.41) is 0. The number of rotatable bonds is 4. The van der Waals surface area contributed by atoms with Gasteiger partial charge < -0.3 is 9.47 Å². The Morgan fingerprint density at radius 1 is 0.895 bits per heavy atom. The molecular formula is C17H20O2. The van der Waals surface area contributed by atoms with Crippen molar-refractivity contribution in [3.8, 4) is 11.5 Å². The maximum atomic E-state index is 5.94. The molecule has 2 aromatic carbocycles. The van der Waals surface area contributed by atoms with Crippen molar-refractivity contribution in [1.29, 1.82) is 0 Å². The van der Waals surface area contributed by atoms with E-state index in [0.717, 1.165) is 22.6 Å². The molecule has 2 rings (SSSR count). The van der Waals surface area contributed by atoms with Crippen LogP contribution in [-0.4, -0.2) is 7.11 Å². The molecule has 0 unspecified atom stereocenters. The van der Waals surface area contributed by atoms with Crippen LogP contribution in [0.25, 0.3) is 0 Å². The number of methoxy groups -OCH3 is 1. The standard InChI is InChI=1S/C17H20O2/c1-12-5-7-15(8-6-12)11-19-17-13(2)9-16(18-4)10-14(17)3/h5-10H,11H2,1-4H3. The summed E-state index contributed by atoms with van der Waals surface area (Å²) >= 11 is 0. The van der Waals surface area contributed by atoms with Gasteiger partial charge in [-0.25, -0.2) is 0 Å². The number of hydrogen-bond acceptors (Lipinski definition) is 2. The zero-order chi connectivity index (χ0) is 13.8. The molecule has 0 N–H and O–H groups in total. The molecule has 100 valence electrons. The summed E-state index contributed by atoms with van der Waals surface area (Å²) in [6, 6.07) is 12.4. The van der Waals surface area contributed by atoms with E-state index in [4.69, 9.17) is 9.47 Å². The van der Waals surface area contributed by atoms with Crippen LogP contribution in [0, 0.1) is 20.8 Å². The lowest BCUT2D eigenvalue weighted by molar-refractivity contribution is 0.301. The SMILES string of the molecule is COc1cc(C)c(OCc2ccc(C)cc2)c(C)c1. The molecule has 2 nitrogen and oxygen atoms in total. The Balaban J connectivity index is 2.13. The predicted molar refractivity (Wildman–Crippen MR) is 78.0 cm³/mol. The first-order chi connectivity index (χ1) is 9.10.